The molecule has 3 atom stereocenters. The number of carbonyl (C=O) groups is 3. The number of amides is 3. The average molecular weight is 563 g/mol. The molecule has 0 radical (unpaired) electrons. The van der Waals surface area contributed by atoms with Gasteiger partial charge in [-0.05, 0) is 55.0 Å². The van der Waals surface area contributed by atoms with E-state index in [-0.39, 0.29) is 36.2 Å². The van der Waals surface area contributed by atoms with E-state index in [0.717, 1.165) is 24.8 Å². The molecule has 0 aromatic heterocycles. The molecule has 0 aliphatic rings. The van der Waals surface area contributed by atoms with Gasteiger partial charge in [0.2, 0.25) is 17.7 Å². The fourth-order valence-corrected chi connectivity index (χ4v) is 4.06. The monoisotopic (exact) mass is 562 g/mol. The number of nitrogens with one attached hydrogen (secondary N) is 3. The lowest BCUT2D eigenvalue weighted by molar-refractivity contribution is -0.135. The van der Waals surface area contributed by atoms with E-state index < -0.39 is 35.8 Å². The Balaban J connectivity index is 0.00000760. The zero-order valence-corrected chi connectivity index (χ0v) is 23.8. The summed E-state index contributed by atoms with van der Waals surface area (Å²) in [6.07, 6.45) is 3.36. The molecule has 0 unspecified atom stereocenters. The van der Waals surface area contributed by atoms with Crippen LogP contribution in [0.2, 0.25) is 0 Å². The molecule has 0 saturated carbocycles. The summed E-state index contributed by atoms with van der Waals surface area (Å²) in [5.74, 6) is -2.07. The van der Waals surface area contributed by atoms with Crippen molar-refractivity contribution in [2.75, 3.05) is 6.54 Å². The summed E-state index contributed by atoms with van der Waals surface area (Å²) in [6.45, 7) is 6.55. The minimum atomic E-state index is -1.10. The van der Waals surface area contributed by atoms with Gasteiger partial charge in [-0.25, -0.2) is 0 Å². The smallest absolute Gasteiger partial charge is 0.249 e. The largest absolute Gasteiger partial charge is 0.504 e. The third-order valence-corrected chi connectivity index (χ3v) is 6.24. The minimum Gasteiger partial charge on any atom is -0.504 e. The number of imide groups is 1. The van der Waals surface area contributed by atoms with E-state index in [0.29, 0.717) is 24.9 Å². The molecule has 2 aromatic carbocycles. The fraction of sp³-hybridized carbons (Fsp3) is 0.483. The molecule has 7 N–H and O–H groups in total. The van der Waals surface area contributed by atoms with Gasteiger partial charge in [0.25, 0.3) is 0 Å². The fourth-order valence-electron chi connectivity index (χ4n) is 4.06. The van der Waals surface area contributed by atoms with Crippen LogP contribution in [0.15, 0.2) is 48.5 Å². The molecular weight excluding hydrogens is 520 g/mol. The van der Waals surface area contributed by atoms with Crippen molar-refractivity contribution in [1.82, 2.24) is 16.0 Å². The van der Waals surface area contributed by atoms with Crippen LogP contribution in [0.25, 0.3) is 0 Å². The first-order valence-corrected chi connectivity index (χ1v) is 13.3. The van der Waals surface area contributed by atoms with E-state index in [9.17, 15) is 24.6 Å². The second-order valence-electron chi connectivity index (χ2n) is 10.1. The number of rotatable bonds is 15. The molecule has 0 aliphatic heterocycles. The van der Waals surface area contributed by atoms with Crippen LogP contribution in [0.1, 0.15) is 57.6 Å². The van der Waals surface area contributed by atoms with E-state index in [1.807, 2.05) is 51.1 Å². The molecule has 2 aromatic rings. The third kappa shape index (κ3) is 12.1. The number of benzene rings is 2. The van der Waals surface area contributed by atoms with Crippen LogP contribution in [-0.2, 0) is 27.2 Å². The highest BCUT2D eigenvalue weighted by Gasteiger charge is 2.28. The van der Waals surface area contributed by atoms with Crippen LogP contribution < -0.4 is 21.7 Å². The summed E-state index contributed by atoms with van der Waals surface area (Å²) >= 11 is 0. The number of hydrogen-bond donors (Lipinski definition) is 6. The van der Waals surface area contributed by atoms with Crippen LogP contribution in [0, 0.1) is 5.92 Å². The number of phenols is 2. The summed E-state index contributed by atoms with van der Waals surface area (Å²) in [5.41, 5.74) is 7.64. The van der Waals surface area contributed by atoms with E-state index in [1.54, 1.807) is 0 Å². The number of hydrogen-bond acceptors (Lipinski definition) is 7. The SMILES string of the molecule is CCCC[C@H](N)C(=O)N[C@@H](Cc1ccc(O)c(O)c1)C(=O)NC(=O)[C@H](CC(C)C)NCCc1ccccc1.Cl. The zero-order chi connectivity index (χ0) is 28.1. The number of carbonyl (C=O) groups excluding carboxylic acids is 3. The minimum absolute atomic E-state index is 0. The van der Waals surface area contributed by atoms with Gasteiger partial charge in [0, 0.05) is 6.42 Å². The molecule has 9 nitrogen and oxygen atoms in total. The van der Waals surface area contributed by atoms with Crippen molar-refractivity contribution < 1.29 is 24.6 Å². The van der Waals surface area contributed by atoms with Crippen LogP contribution >= 0.6 is 12.4 Å². The number of aromatic hydroxyl groups is 2. The molecule has 0 bridgehead atoms. The van der Waals surface area contributed by atoms with Gasteiger partial charge in [-0.15, -0.1) is 12.4 Å². The van der Waals surface area contributed by atoms with Crippen molar-refractivity contribution in [1.29, 1.82) is 0 Å². The molecule has 10 heteroatoms. The maximum absolute atomic E-state index is 13.2. The summed E-state index contributed by atoms with van der Waals surface area (Å²) in [5, 5.41) is 27.9. The first-order valence-electron chi connectivity index (χ1n) is 13.3. The van der Waals surface area contributed by atoms with Crippen LogP contribution in [0.5, 0.6) is 11.5 Å². The highest BCUT2D eigenvalue weighted by atomic mass is 35.5. The molecule has 0 spiro atoms. The molecule has 39 heavy (non-hydrogen) atoms. The van der Waals surface area contributed by atoms with Gasteiger partial charge in [-0.1, -0.05) is 70.0 Å². The second kappa shape index (κ2) is 17.4. The zero-order valence-electron chi connectivity index (χ0n) is 23.0. The Kier molecular flexibility index (Phi) is 15.2. The second-order valence-corrected chi connectivity index (χ2v) is 10.1. The number of nitrogens with two attached hydrogens (primary N) is 1. The quantitative estimate of drug-likeness (QED) is 0.182. The van der Waals surface area contributed by atoms with E-state index >= 15 is 0 Å². The Morgan fingerprint density at radius 1 is 0.897 bits per heavy atom. The van der Waals surface area contributed by atoms with E-state index in [1.165, 1.54) is 18.2 Å². The molecular formula is C29H43ClN4O5. The molecule has 0 saturated heterocycles. The first-order chi connectivity index (χ1) is 18.1. The lowest BCUT2D eigenvalue weighted by Crippen LogP contribution is -2.56. The molecule has 0 heterocycles. The Morgan fingerprint density at radius 2 is 1.56 bits per heavy atom. The van der Waals surface area contributed by atoms with Gasteiger partial charge < -0.3 is 26.6 Å². The van der Waals surface area contributed by atoms with Gasteiger partial charge in [0.1, 0.15) is 6.04 Å². The van der Waals surface area contributed by atoms with Crippen LogP contribution in [-0.4, -0.2) is 52.6 Å². The highest BCUT2D eigenvalue weighted by molar-refractivity contribution is 6.01. The van der Waals surface area contributed by atoms with Gasteiger partial charge in [0.05, 0.1) is 12.1 Å². The maximum atomic E-state index is 13.2. The molecule has 0 fully saturated rings. The standard InChI is InChI=1S/C29H42N4O5.ClH/c1-4-5-11-22(30)27(36)32-24(17-21-12-13-25(34)26(35)18-21)29(38)33-28(37)23(16-19(2)3)31-15-14-20-9-7-6-8-10-20;/h6-10,12-13,18-19,22-24,31,34-35H,4-5,11,14-17,30H2,1-3H3,(H,32,36)(H,33,37,38);1H/t22-,23-,24-;/m0./s1. The van der Waals surface area contributed by atoms with Crippen molar-refractivity contribution in [3.63, 3.8) is 0 Å². The number of halogens is 1. The number of unbranched alkanes of at least 4 members (excludes halogenated alkanes) is 1. The third-order valence-electron chi connectivity index (χ3n) is 6.24. The van der Waals surface area contributed by atoms with E-state index in [4.69, 9.17) is 5.73 Å². The molecule has 0 aliphatic carbocycles. The van der Waals surface area contributed by atoms with Crippen molar-refractivity contribution in [3.8, 4) is 11.5 Å². The summed E-state index contributed by atoms with van der Waals surface area (Å²) in [4.78, 5) is 39.1. The topological polar surface area (TPSA) is 154 Å². The Morgan fingerprint density at radius 3 is 2.18 bits per heavy atom. The predicted octanol–water partition coefficient (Wildman–Crippen LogP) is 2.95. The van der Waals surface area contributed by atoms with Crippen molar-refractivity contribution in [2.45, 2.75) is 77.4 Å². The maximum Gasteiger partial charge on any atom is 0.249 e. The highest BCUT2D eigenvalue weighted by Crippen LogP contribution is 2.25. The van der Waals surface area contributed by atoms with Gasteiger partial charge in [0.15, 0.2) is 11.5 Å². The van der Waals surface area contributed by atoms with Gasteiger partial charge >= 0.3 is 0 Å². The lowest BCUT2D eigenvalue weighted by atomic mass is 10.0. The molecule has 3 amide bonds. The normalized spacial score (nSPS) is 13.2. The Bertz CT molecular complexity index is 1050. The van der Waals surface area contributed by atoms with Crippen LogP contribution in [0.4, 0.5) is 0 Å². The van der Waals surface area contributed by atoms with E-state index in [2.05, 4.69) is 16.0 Å². The van der Waals surface area contributed by atoms with Crippen LogP contribution in [0.3, 0.4) is 0 Å². The lowest BCUT2D eigenvalue weighted by Gasteiger charge is -2.23. The van der Waals surface area contributed by atoms with Gasteiger partial charge in [-0.2, -0.15) is 0 Å². The van der Waals surface area contributed by atoms with Gasteiger partial charge in [-0.3, -0.25) is 19.7 Å². The Hall–Kier alpha value is -3.14. The first kappa shape index (κ1) is 33.9. The van der Waals surface area contributed by atoms with Crippen molar-refractivity contribution >= 4 is 30.1 Å². The Labute approximate surface area is 237 Å². The average Bonchev–Trinajstić information content (AvgIpc) is 2.88. The predicted molar refractivity (Wildman–Crippen MR) is 155 cm³/mol. The molecule has 216 valence electrons. The number of phenolic OH excluding ortho intramolecular Hbond substituents is 2. The summed E-state index contributed by atoms with van der Waals surface area (Å²) in [6, 6.07) is 11.6. The van der Waals surface area contributed by atoms with Crippen molar-refractivity contribution in [2.24, 2.45) is 11.7 Å². The summed E-state index contributed by atoms with van der Waals surface area (Å²) in [7, 11) is 0. The summed E-state index contributed by atoms with van der Waals surface area (Å²) < 4.78 is 0. The van der Waals surface area contributed by atoms with Crippen molar-refractivity contribution in [3.05, 3.63) is 59.7 Å². The molecule has 2 rings (SSSR count).